The van der Waals surface area contributed by atoms with Crippen LogP contribution in [0.5, 0.6) is 0 Å². The van der Waals surface area contributed by atoms with E-state index >= 15 is 0 Å². The van der Waals surface area contributed by atoms with Crippen LogP contribution >= 0.6 is 22.6 Å². The molecule has 0 fully saturated rings. The lowest BCUT2D eigenvalue weighted by Crippen LogP contribution is -2.08. The molecule has 0 unspecified atom stereocenters. The fourth-order valence-corrected chi connectivity index (χ4v) is 2.10. The Morgan fingerprint density at radius 3 is 2.68 bits per heavy atom. The molecule has 0 atom stereocenters. The van der Waals surface area contributed by atoms with E-state index in [9.17, 15) is 17.6 Å². The van der Waals surface area contributed by atoms with E-state index in [-0.39, 0.29) is 11.5 Å². The van der Waals surface area contributed by atoms with E-state index in [0.717, 1.165) is 12.3 Å². The molecule has 2 heterocycles. The Balaban J connectivity index is 2.16. The van der Waals surface area contributed by atoms with E-state index in [2.05, 4.69) is 20.5 Å². The second kappa shape index (κ2) is 6.99. The molecule has 4 nitrogen and oxygen atoms in total. The standard InChI is InChI=1S/C13H9F4IN4/c14-10-1-2-19-11(4-10)7-21-22-12-8(5-18)3-9(6-20-12)13(15,16)17/h1-4,6-7H,5H2,(H,20,22). The molecule has 0 aliphatic carbocycles. The normalized spacial score (nSPS) is 11.9. The van der Waals surface area contributed by atoms with Gasteiger partial charge in [-0.2, -0.15) is 18.3 Å². The van der Waals surface area contributed by atoms with Crippen LogP contribution in [-0.2, 0) is 10.6 Å². The second-order valence-electron chi connectivity index (χ2n) is 4.13. The number of pyridine rings is 2. The fraction of sp³-hybridized carbons (Fsp3) is 0.154. The van der Waals surface area contributed by atoms with Gasteiger partial charge in [0.1, 0.15) is 11.6 Å². The summed E-state index contributed by atoms with van der Waals surface area (Å²) in [5, 5.41) is 3.80. The number of rotatable bonds is 4. The minimum absolute atomic E-state index is 0.204. The van der Waals surface area contributed by atoms with Gasteiger partial charge in [0.2, 0.25) is 0 Å². The summed E-state index contributed by atoms with van der Waals surface area (Å²) in [7, 11) is 0. The molecule has 0 saturated carbocycles. The Hall–Kier alpha value is -1.78. The van der Waals surface area contributed by atoms with E-state index in [1.54, 1.807) is 0 Å². The monoisotopic (exact) mass is 424 g/mol. The predicted octanol–water partition coefficient (Wildman–Crippen LogP) is 4.02. The number of hydrazone groups is 1. The molecule has 0 aromatic carbocycles. The molecular weight excluding hydrogens is 415 g/mol. The smallest absolute Gasteiger partial charge is 0.261 e. The number of aromatic nitrogens is 2. The Morgan fingerprint density at radius 2 is 2.05 bits per heavy atom. The molecule has 0 radical (unpaired) electrons. The molecule has 1 N–H and O–H groups in total. The zero-order valence-electron chi connectivity index (χ0n) is 10.9. The summed E-state index contributed by atoms with van der Waals surface area (Å²) in [6.45, 7) is 0. The highest BCUT2D eigenvalue weighted by Gasteiger charge is 2.31. The van der Waals surface area contributed by atoms with Gasteiger partial charge < -0.3 is 0 Å². The highest BCUT2D eigenvalue weighted by molar-refractivity contribution is 14.1. The number of nitrogens with zero attached hydrogens (tertiary/aromatic N) is 3. The van der Waals surface area contributed by atoms with E-state index in [4.69, 9.17) is 0 Å². The maximum absolute atomic E-state index is 13.0. The van der Waals surface area contributed by atoms with Gasteiger partial charge in [0, 0.05) is 28.5 Å². The molecule has 9 heteroatoms. The van der Waals surface area contributed by atoms with Crippen LogP contribution in [0.15, 0.2) is 35.7 Å². The van der Waals surface area contributed by atoms with Crippen LogP contribution in [0, 0.1) is 5.82 Å². The van der Waals surface area contributed by atoms with Gasteiger partial charge in [0.25, 0.3) is 0 Å². The van der Waals surface area contributed by atoms with Gasteiger partial charge in [-0.1, -0.05) is 22.6 Å². The Bertz CT molecular complexity index is 688. The van der Waals surface area contributed by atoms with Crippen molar-refractivity contribution in [1.82, 2.24) is 9.97 Å². The number of alkyl halides is 4. The minimum Gasteiger partial charge on any atom is -0.261 e. The molecule has 0 spiro atoms. The van der Waals surface area contributed by atoms with Gasteiger partial charge in [-0.25, -0.2) is 9.37 Å². The van der Waals surface area contributed by atoms with Gasteiger partial charge in [-0.05, 0) is 12.1 Å². The summed E-state index contributed by atoms with van der Waals surface area (Å²) >= 11 is 1.93. The molecule has 116 valence electrons. The van der Waals surface area contributed by atoms with Gasteiger partial charge in [0.15, 0.2) is 0 Å². The highest BCUT2D eigenvalue weighted by Crippen LogP contribution is 2.31. The van der Waals surface area contributed by atoms with Crippen LogP contribution < -0.4 is 5.43 Å². The van der Waals surface area contributed by atoms with E-state index in [1.165, 1.54) is 24.5 Å². The Kier molecular flexibility index (Phi) is 5.27. The molecule has 22 heavy (non-hydrogen) atoms. The molecule has 2 rings (SSSR count). The molecule has 2 aromatic rings. The molecule has 2 aromatic heterocycles. The Labute approximate surface area is 136 Å². The summed E-state index contributed by atoms with van der Waals surface area (Å²) in [6.07, 6.45) is -1.18. The Morgan fingerprint density at radius 1 is 1.27 bits per heavy atom. The van der Waals surface area contributed by atoms with Crippen molar-refractivity contribution in [1.29, 1.82) is 0 Å². The summed E-state index contributed by atoms with van der Waals surface area (Å²) in [6, 6.07) is 3.37. The van der Waals surface area contributed by atoms with Crippen LogP contribution in [0.2, 0.25) is 0 Å². The van der Waals surface area contributed by atoms with Gasteiger partial charge in [-0.15, -0.1) is 0 Å². The average molecular weight is 424 g/mol. The minimum atomic E-state index is -4.44. The van der Waals surface area contributed by atoms with Crippen molar-refractivity contribution in [3.05, 3.63) is 53.2 Å². The maximum Gasteiger partial charge on any atom is 0.417 e. The lowest BCUT2D eigenvalue weighted by atomic mass is 10.2. The number of nitrogens with one attached hydrogen (secondary N) is 1. The van der Waals surface area contributed by atoms with E-state index in [0.29, 0.717) is 9.99 Å². The van der Waals surface area contributed by atoms with E-state index in [1.807, 2.05) is 22.6 Å². The van der Waals surface area contributed by atoms with Crippen molar-refractivity contribution in [2.75, 3.05) is 5.43 Å². The predicted molar refractivity (Wildman–Crippen MR) is 82.4 cm³/mol. The zero-order chi connectivity index (χ0) is 16.2. The van der Waals surface area contributed by atoms with Gasteiger partial charge >= 0.3 is 6.18 Å². The van der Waals surface area contributed by atoms with Crippen molar-refractivity contribution >= 4 is 34.6 Å². The average Bonchev–Trinajstić information content (AvgIpc) is 2.46. The third-order valence-corrected chi connectivity index (χ3v) is 3.37. The zero-order valence-corrected chi connectivity index (χ0v) is 13.1. The highest BCUT2D eigenvalue weighted by atomic mass is 127. The molecule has 0 aliphatic heterocycles. The summed E-state index contributed by atoms with van der Waals surface area (Å²) in [5.41, 5.74) is 2.35. The summed E-state index contributed by atoms with van der Waals surface area (Å²) < 4.78 is 51.1. The molecule has 0 saturated heterocycles. The van der Waals surface area contributed by atoms with Crippen LogP contribution in [0.1, 0.15) is 16.8 Å². The summed E-state index contributed by atoms with van der Waals surface area (Å²) in [4.78, 5) is 7.58. The molecule has 0 bridgehead atoms. The van der Waals surface area contributed by atoms with Gasteiger partial charge in [-0.3, -0.25) is 10.4 Å². The SMILES string of the molecule is Fc1ccnc(C=NNc2ncc(C(F)(F)F)cc2CI)c1. The van der Waals surface area contributed by atoms with Crippen molar-refractivity contribution in [2.45, 2.75) is 10.6 Å². The van der Waals surface area contributed by atoms with Crippen LogP contribution in [0.3, 0.4) is 0 Å². The van der Waals surface area contributed by atoms with Crippen LogP contribution in [0.25, 0.3) is 0 Å². The van der Waals surface area contributed by atoms with Gasteiger partial charge in [0.05, 0.1) is 17.5 Å². The van der Waals surface area contributed by atoms with Crippen LogP contribution in [0.4, 0.5) is 23.4 Å². The van der Waals surface area contributed by atoms with Crippen molar-refractivity contribution in [3.63, 3.8) is 0 Å². The third kappa shape index (κ3) is 4.36. The summed E-state index contributed by atoms with van der Waals surface area (Å²) in [5.74, 6) is -0.257. The lowest BCUT2D eigenvalue weighted by Gasteiger charge is -2.10. The number of halogens is 5. The molecule has 0 aliphatic rings. The first kappa shape index (κ1) is 16.6. The lowest BCUT2D eigenvalue weighted by molar-refractivity contribution is -0.137. The molecule has 0 amide bonds. The first-order chi connectivity index (χ1) is 10.4. The fourth-order valence-electron chi connectivity index (χ4n) is 1.52. The van der Waals surface area contributed by atoms with Crippen molar-refractivity contribution < 1.29 is 17.6 Å². The van der Waals surface area contributed by atoms with Crippen LogP contribution in [-0.4, -0.2) is 16.2 Å². The number of hydrogen-bond acceptors (Lipinski definition) is 4. The second-order valence-corrected chi connectivity index (χ2v) is 4.89. The maximum atomic E-state index is 13.0. The van der Waals surface area contributed by atoms with Crippen molar-refractivity contribution in [3.8, 4) is 0 Å². The topological polar surface area (TPSA) is 50.2 Å². The largest absolute Gasteiger partial charge is 0.417 e. The molecular formula is C13H9F4IN4. The first-order valence-corrected chi connectivity index (χ1v) is 7.45. The third-order valence-electron chi connectivity index (χ3n) is 2.55. The van der Waals surface area contributed by atoms with E-state index < -0.39 is 17.6 Å². The first-order valence-electron chi connectivity index (χ1n) is 5.93. The van der Waals surface area contributed by atoms with Crippen molar-refractivity contribution in [2.24, 2.45) is 5.10 Å². The number of anilines is 1. The quantitative estimate of drug-likeness (QED) is 0.265. The number of hydrogen-bond donors (Lipinski definition) is 1.